The molecule has 3 aromatic rings. The molecule has 1 fully saturated rings. The highest BCUT2D eigenvalue weighted by Gasteiger charge is 2.22. The predicted molar refractivity (Wildman–Crippen MR) is 118 cm³/mol. The minimum Gasteiger partial charge on any atom is -0.352 e. The topological polar surface area (TPSA) is 49.8 Å². The molecule has 5 rings (SSSR count). The molecule has 2 aromatic carbocycles. The standard InChI is InChI=1S/C25H20F2N4/c26-19-11-12-24(21(27)13-19)30-22-3-1-2-4-23-20(22)15-29-25(31-23)28-14-16-5-7-17(8-6-16)18-9-10-18/h2-8,11-13,15,18,30H,9-10,14H2,(H,28,31). The molecular weight excluding hydrogens is 394 g/mol. The zero-order valence-corrected chi connectivity index (χ0v) is 16.7. The van der Waals surface area contributed by atoms with Crippen molar-refractivity contribution in [3.63, 3.8) is 0 Å². The summed E-state index contributed by atoms with van der Waals surface area (Å²) in [6, 6.07) is 12.1. The first-order valence-electron chi connectivity index (χ1n) is 10.2. The zero-order chi connectivity index (χ0) is 21.2. The Morgan fingerprint density at radius 1 is 1.06 bits per heavy atom. The lowest BCUT2D eigenvalue weighted by atomic mass is 10.1. The summed E-state index contributed by atoms with van der Waals surface area (Å²) < 4.78 is 27.3. The van der Waals surface area contributed by atoms with E-state index in [2.05, 4.69) is 50.6 Å². The summed E-state index contributed by atoms with van der Waals surface area (Å²) in [5.74, 6) is -0.0515. The number of aromatic nitrogens is 2. The molecule has 0 radical (unpaired) electrons. The number of halogens is 2. The molecule has 0 unspecified atom stereocenters. The van der Waals surface area contributed by atoms with Crippen LogP contribution in [0.2, 0.25) is 0 Å². The highest BCUT2D eigenvalue weighted by molar-refractivity contribution is 5.72. The summed E-state index contributed by atoms with van der Waals surface area (Å²) in [7, 11) is 0. The number of nitrogens with zero attached hydrogens (tertiary/aromatic N) is 2. The summed E-state index contributed by atoms with van der Waals surface area (Å²) in [4.78, 5) is 9.00. The van der Waals surface area contributed by atoms with Gasteiger partial charge in [-0.25, -0.2) is 18.7 Å². The average Bonchev–Trinajstić information content (AvgIpc) is 3.63. The quantitative estimate of drug-likeness (QED) is 0.600. The molecule has 0 atom stereocenters. The number of hydrogen-bond acceptors (Lipinski definition) is 4. The second-order valence-corrected chi connectivity index (χ2v) is 7.67. The van der Waals surface area contributed by atoms with Gasteiger partial charge in [0.2, 0.25) is 5.95 Å². The normalized spacial score (nSPS) is 14.6. The van der Waals surface area contributed by atoms with Crippen LogP contribution in [-0.4, -0.2) is 9.97 Å². The molecule has 154 valence electrons. The Kier molecular flexibility index (Phi) is 5.06. The summed E-state index contributed by atoms with van der Waals surface area (Å²) in [5, 5.41) is 7.62. The molecular formula is C25H20F2N4. The van der Waals surface area contributed by atoms with Crippen molar-refractivity contribution in [3.05, 3.63) is 99.9 Å². The van der Waals surface area contributed by atoms with Crippen molar-refractivity contribution in [2.45, 2.75) is 25.3 Å². The molecule has 4 nitrogen and oxygen atoms in total. The summed E-state index contributed by atoms with van der Waals surface area (Å²) >= 11 is 0. The second kappa shape index (κ2) is 8.17. The van der Waals surface area contributed by atoms with Gasteiger partial charge in [-0.15, -0.1) is 5.73 Å². The van der Waals surface area contributed by atoms with Gasteiger partial charge >= 0.3 is 0 Å². The van der Waals surface area contributed by atoms with Gasteiger partial charge in [0.05, 0.1) is 16.7 Å². The van der Waals surface area contributed by atoms with Gasteiger partial charge in [-0.3, -0.25) is 0 Å². The second-order valence-electron chi connectivity index (χ2n) is 7.67. The molecule has 0 spiro atoms. The van der Waals surface area contributed by atoms with Crippen LogP contribution in [0.15, 0.2) is 66.5 Å². The Balaban J connectivity index is 1.38. The average molecular weight is 414 g/mol. The van der Waals surface area contributed by atoms with Gasteiger partial charge in [-0.05, 0) is 54.2 Å². The van der Waals surface area contributed by atoms with Crippen LogP contribution in [0, 0.1) is 11.6 Å². The van der Waals surface area contributed by atoms with Crippen LogP contribution in [0.25, 0.3) is 11.8 Å². The molecule has 1 aromatic heterocycles. The zero-order valence-electron chi connectivity index (χ0n) is 16.7. The minimum absolute atomic E-state index is 0.166. The third-order valence-electron chi connectivity index (χ3n) is 5.35. The van der Waals surface area contributed by atoms with Gasteiger partial charge in [0.15, 0.2) is 0 Å². The lowest BCUT2D eigenvalue weighted by molar-refractivity contribution is 0.586. The van der Waals surface area contributed by atoms with Gasteiger partial charge in [0.25, 0.3) is 0 Å². The van der Waals surface area contributed by atoms with E-state index in [1.165, 1.54) is 30.5 Å². The van der Waals surface area contributed by atoms with E-state index in [0.29, 0.717) is 28.8 Å². The van der Waals surface area contributed by atoms with Gasteiger partial charge in [0, 0.05) is 30.1 Å². The van der Waals surface area contributed by atoms with Crippen molar-refractivity contribution in [1.29, 1.82) is 0 Å². The first kappa shape index (κ1) is 19.2. The smallest absolute Gasteiger partial charge is 0.223 e. The Morgan fingerprint density at radius 3 is 2.68 bits per heavy atom. The van der Waals surface area contributed by atoms with E-state index in [0.717, 1.165) is 17.5 Å². The molecule has 2 aliphatic carbocycles. The summed E-state index contributed by atoms with van der Waals surface area (Å²) in [6.45, 7) is 0.618. The summed E-state index contributed by atoms with van der Waals surface area (Å²) in [5.41, 5.74) is 6.32. The molecule has 0 saturated heterocycles. The Hall–Kier alpha value is -3.76. The third kappa shape index (κ3) is 4.39. The number of rotatable bonds is 6. The van der Waals surface area contributed by atoms with Crippen LogP contribution < -0.4 is 21.2 Å². The fraction of sp³-hybridized carbons (Fsp3) is 0.160. The molecule has 0 bridgehead atoms. The number of anilines is 2. The molecule has 31 heavy (non-hydrogen) atoms. The van der Waals surface area contributed by atoms with Gasteiger partial charge < -0.3 is 10.6 Å². The Bertz CT molecular complexity index is 1320. The molecule has 0 aliphatic heterocycles. The molecule has 2 N–H and O–H groups in total. The van der Waals surface area contributed by atoms with Crippen molar-refractivity contribution in [2.75, 3.05) is 10.6 Å². The summed E-state index contributed by atoms with van der Waals surface area (Å²) in [6.07, 6.45) is 9.51. The first-order chi connectivity index (χ1) is 15.2. The van der Waals surface area contributed by atoms with Crippen LogP contribution in [0.3, 0.4) is 0 Å². The lowest BCUT2D eigenvalue weighted by Crippen LogP contribution is -2.33. The Labute approximate surface area is 178 Å². The van der Waals surface area contributed by atoms with E-state index in [9.17, 15) is 8.78 Å². The van der Waals surface area contributed by atoms with Crippen LogP contribution >= 0.6 is 0 Å². The van der Waals surface area contributed by atoms with Crippen LogP contribution in [0.1, 0.15) is 29.9 Å². The fourth-order valence-corrected chi connectivity index (χ4v) is 3.50. The molecule has 1 saturated carbocycles. The van der Waals surface area contributed by atoms with Crippen molar-refractivity contribution in [2.24, 2.45) is 0 Å². The Morgan fingerprint density at radius 2 is 1.90 bits per heavy atom. The van der Waals surface area contributed by atoms with Gasteiger partial charge in [0.1, 0.15) is 11.6 Å². The largest absolute Gasteiger partial charge is 0.352 e. The van der Waals surface area contributed by atoms with E-state index in [1.54, 1.807) is 18.3 Å². The fourth-order valence-electron chi connectivity index (χ4n) is 3.50. The highest BCUT2D eigenvalue weighted by Crippen LogP contribution is 2.39. The monoisotopic (exact) mass is 414 g/mol. The third-order valence-corrected chi connectivity index (χ3v) is 5.35. The predicted octanol–water partition coefficient (Wildman–Crippen LogP) is 3.97. The maximum Gasteiger partial charge on any atom is 0.223 e. The van der Waals surface area contributed by atoms with E-state index >= 15 is 0 Å². The maximum atomic E-state index is 14.1. The number of fused-ring (bicyclic) bond motifs is 1. The van der Waals surface area contributed by atoms with Gasteiger partial charge in [-0.1, -0.05) is 24.3 Å². The minimum atomic E-state index is -0.674. The molecule has 0 amide bonds. The lowest BCUT2D eigenvalue weighted by Gasteiger charge is -2.09. The number of hydrogen-bond donors (Lipinski definition) is 2. The van der Waals surface area contributed by atoms with Crippen molar-refractivity contribution >= 4 is 23.4 Å². The van der Waals surface area contributed by atoms with Gasteiger partial charge in [-0.2, -0.15) is 0 Å². The maximum absolute atomic E-state index is 14.1. The van der Waals surface area contributed by atoms with Crippen LogP contribution in [-0.2, 0) is 6.54 Å². The van der Waals surface area contributed by atoms with E-state index in [4.69, 9.17) is 0 Å². The van der Waals surface area contributed by atoms with E-state index in [-0.39, 0.29) is 5.69 Å². The first-order valence-corrected chi connectivity index (χ1v) is 10.2. The van der Waals surface area contributed by atoms with E-state index in [1.807, 2.05) is 6.08 Å². The van der Waals surface area contributed by atoms with E-state index < -0.39 is 11.6 Å². The highest BCUT2D eigenvalue weighted by atomic mass is 19.1. The molecule has 6 heteroatoms. The molecule has 2 aliphatic rings. The van der Waals surface area contributed by atoms with Crippen molar-refractivity contribution in [1.82, 2.24) is 9.97 Å². The molecule has 1 heterocycles. The SMILES string of the molecule is Fc1ccc(NC2=c3cnc(NCc4ccc(C5CC5)cc4)nc3=CC=C=C2)c(F)c1. The number of benzene rings is 2. The van der Waals surface area contributed by atoms with Crippen molar-refractivity contribution < 1.29 is 8.78 Å². The van der Waals surface area contributed by atoms with Crippen LogP contribution in [0.5, 0.6) is 0 Å². The number of nitrogens with one attached hydrogen (secondary N) is 2. The van der Waals surface area contributed by atoms with Crippen molar-refractivity contribution in [3.8, 4) is 0 Å². The van der Waals surface area contributed by atoms with Crippen LogP contribution in [0.4, 0.5) is 20.4 Å².